The summed E-state index contributed by atoms with van der Waals surface area (Å²) in [5.74, 6) is -0.504. The minimum Gasteiger partial charge on any atom is -0.301 e. The number of benzene rings is 1. The summed E-state index contributed by atoms with van der Waals surface area (Å²) >= 11 is 7.82. The molecule has 0 unspecified atom stereocenters. The highest BCUT2D eigenvalue weighted by Gasteiger charge is 2.27. The Labute approximate surface area is 165 Å². The summed E-state index contributed by atoms with van der Waals surface area (Å²) in [5.41, 5.74) is 2.01. The molecule has 27 heavy (non-hydrogen) atoms. The summed E-state index contributed by atoms with van der Waals surface area (Å²) in [6, 6.07) is 6.22. The van der Waals surface area contributed by atoms with Crippen LogP contribution in [0.4, 0.5) is 4.39 Å². The van der Waals surface area contributed by atoms with Gasteiger partial charge in [0.15, 0.2) is 5.17 Å². The normalized spacial score (nSPS) is 20.8. The number of amidine groups is 1. The van der Waals surface area contributed by atoms with Gasteiger partial charge in [-0.05, 0) is 61.9 Å². The smallest absolute Gasteiger partial charge is 0.264 e. The molecule has 0 bridgehead atoms. The molecule has 1 aliphatic heterocycles. The molecule has 1 aliphatic carbocycles. The second-order valence-electron chi connectivity index (χ2n) is 6.62. The van der Waals surface area contributed by atoms with Crippen molar-refractivity contribution in [2.75, 3.05) is 0 Å². The average molecular weight is 405 g/mol. The number of thioether (sulfide) groups is 1. The first kappa shape index (κ1) is 18.3. The summed E-state index contributed by atoms with van der Waals surface area (Å²) in [6.07, 6.45) is 6.28. The number of halogens is 2. The number of nitrogens with zero attached hydrogens (tertiary/aromatic N) is 3. The highest BCUT2D eigenvalue weighted by Crippen LogP contribution is 2.32. The monoisotopic (exact) mass is 404 g/mol. The molecular formula is C19H18ClFN4OS. The predicted molar refractivity (Wildman–Crippen MR) is 107 cm³/mol. The molecule has 2 aliphatic rings. The van der Waals surface area contributed by atoms with Crippen molar-refractivity contribution in [3.63, 3.8) is 0 Å². The fourth-order valence-corrected chi connectivity index (χ4v) is 4.45. The van der Waals surface area contributed by atoms with Gasteiger partial charge in [-0.25, -0.2) is 9.07 Å². The van der Waals surface area contributed by atoms with Crippen LogP contribution in [0.5, 0.6) is 0 Å². The van der Waals surface area contributed by atoms with E-state index in [1.54, 1.807) is 18.2 Å². The van der Waals surface area contributed by atoms with Crippen LogP contribution in [-0.2, 0) is 4.79 Å². The van der Waals surface area contributed by atoms with E-state index < -0.39 is 0 Å². The Balaban J connectivity index is 1.62. The molecule has 2 fully saturated rings. The average Bonchev–Trinajstić information content (AvgIpc) is 3.33. The van der Waals surface area contributed by atoms with E-state index in [2.05, 4.69) is 15.4 Å². The third-order valence-corrected chi connectivity index (χ3v) is 5.96. The molecular weight excluding hydrogens is 387 g/mol. The number of aliphatic imine (C=N–C) groups is 1. The first-order valence-electron chi connectivity index (χ1n) is 8.81. The first-order chi connectivity index (χ1) is 13.0. The van der Waals surface area contributed by atoms with Crippen LogP contribution in [0, 0.1) is 12.7 Å². The van der Waals surface area contributed by atoms with Crippen LogP contribution >= 0.6 is 23.4 Å². The lowest BCUT2D eigenvalue weighted by molar-refractivity contribution is -0.115. The second kappa shape index (κ2) is 7.48. The van der Waals surface area contributed by atoms with E-state index in [0.29, 0.717) is 38.2 Å². The zero-order valence-electron chi connectivity index (χ0n) is 14.7. The Kier molecular flexibility index (Phi) is 5.06. The molecule has 2 heterocycles. The molecule has 1 N–H and O–H groups in total. The minimum absolute atomic E-state index is 0.179. The van der Waals surface area contributed by atoms with Gasteiger partial charge in [0.2, 0.25) is 0 Å². The molecule has 140 valence electrons. The summed E-state index contributed by atoms with van der Waals surface area (Å²) in [4.78, 5) is 17.5. The summed E-state index contributed by atoms with van der Waals surface area (Å²) in [7, 11) is 0. The van der Waals surface area contributed by atoms with Crippen LogP contribution in [0.1, 0.15) is 36.9 Å². The molecule has 5 nitrogen and oxygen atoms in total. The summed E-state index contributed by atoms with van der Waals surface area (Å²) in [5, 5.41) is 8.28. The molecule has 1 aromatic heterocycles. The SMILES string of the molecule is Cc1nn(-c2ccc(F)cc2)c(Cl)c1C=C1SC(=NC2CCCC2)NC1=O. The van der Waals surface area contributed by atoms with Crippen LogP contribution in [0.2, 0.25) is 5.15 Å². The Morgan fingerprint density at radius 2 is 2.04 bits per heavy atom. The van der Waals surface area contributed by atoms with E-state index >= 15 is 0 Å². The molecule has 4 rings (SSSR count). The van der Waals surface area contributed by atoms with Gasteiger partial charge in [0, 0.05) is 5.56 Å². The van der Waals surface area contributed by atoms with Gasteiger partial charge in [-0.15, -0.1) is 0 Å². The molecule has 1 saturated heterocycles. The standard InChI is InChI=1S/C19H18ClFN4OS/c1-11-15(17(20)25(24-11)14-8-6-12(21)7-9-14)10-16-18(26)23-19(27-16)22-13-4-2-3-5-13/h6-10,13H,2-5H2,1H3,(H,22,23,26). The number of carbonyl (C=O) groups is 1. The van der Waals surface area contributed by atoms with Gasteiger partial charge in [-0.1, -0.05) is 24.4 Å². The number of hydrogen-bond acceptors (Lipinski definition) is 4. The maximum atomic E-state index is 13.2. The van der Waals surface area contributed by atoms with E-state index in [-0.39, 0.29) is 11.7 Å². The van der Waals surface area contributed by atoms with Crippen LogP contribution < -0.4 is 5.32 Å². The molecule has 0 radical (unpaired) electrons. The molecule has 0 spiro atoms. The molecule has 1 aromatic carbocycles. The van der Waals surface area contributed by atoms with Gasteiger partial charge in [0.25, 0.3) is 5.91 Å². The van der Waals surface area contributed by atoms with E-state index in [0.717, 1.165) is 12.8 Å². The number of nitrogens with one attached hydrogen (secondary N) is 1. The fourth-order valence-electron chi connectivity index (χ4n) is 3.25. The van der Waals surface area contributed by atoms with Crippen molar-refractivity contribution in [3.8, 4) is 5.69 Å². The Hall–Kier alpha value is -2.12. The van der Waals surface area contributed by atoms with Gasteiger partial charge in [-0.3, -0.25) is 9.79 Å². The first-order valence-corrected chi connectivity index (χ1v) is 10.0. The van der Waals surface area contributed by atoms with E-state index in [9.17, 15) is 9.18 Å². The number of amides is 1. The van der Waals surface area contributed by atoms with Crippen molar-refractivity contribution in [2.45, 2.75) is 38.6 Å². The fraction of sp³-hybridized carbons (Fsp3) is 0.316. The number of carbonyl (C=O) groups excluding carboxylic acids is 1. The van der Waals surface area contributed by atoms with Crippen molar-refractivity contribution in [3.05, 3.63) is 51.4 Å². The van der Waals surface area contributed by atoms with Gasteiger partial charge in [-0.2, -0.15) is 5.10 Å². The maximum Gasteiger partial charge on any atom is 0.264 e. The van der Waals surface area contributed by atoms with Crippen LogP contribution in [0.3, 0.4) is 0 Å². The quantitative estimate of drug-likeness (QED) is 0.767. The second-order valence-corrected chi connectivity index (χ2v) is 8.00. The molecule has 1 amide bonds. The summed E-state index contributed by atoms with van der Waals surface area (Å²) < 4.78 is 14.7. The van der Waals surface area contributed by atoms with Crippen LogP contribution in [0.25, 0.3) is 11.8 Å². The molecule has 1 saturated carbocycles. The number of aromatic nitrogens is 2. The summed E-state index contributed by atoms with van der Waals surface area (Å²) in [6.45, 7) is 1.82. The third kappa shape index (κ3) is 3.80. The molecule has 8 heteroatoms. The maximum absolute atomic E-state index is 13.2. The lowest BCUT2D eigenvalue weighted by Crippen LogP contribution is -2.21. The Morgan fingerprint density at radius 3 is 2.74 bits per heavy atom. The number of rotatable bonds is 3. The third-order valence-electron chi connectivity index (χ3n) is 4.67. The van der Waals surface area contributed by atoms with Crippen molar-refractivity contribution in [1.29, 1.82) is 0 Å². The highest BCUT2D eigenvalue weighted by atomic mass is 35.5. The van der Waals surface area contributed by atoms with Gasteiger partial charge in [0.1, 0.15) is 11.0 Å². The van der Waals surface area contributed by atoms with Crippen LogP contribution in [0.15, 0.2) is 34.2 Å². The number of hydrogen-bond donors (Lipinski definition) is 1. The van der Waals surface area contributed by atoms with Gasteiger partial charge in [0.05, 0.1) is 22.3 Å². The van der Waals surface area contributed by atoms with E-state index in [1.807, 2.05) is 6.92 Å². The van der Waals surface area contributed by atoms with Gasteiger partial charge >= 0.3 is 0 Å². The van der Waals surface area contributed by atoms with Gasteiger partial charge < -0.3 is 5.32 Å². The predicted octanol–water partition coefficient (Wildman–Crippen LogP) is 4.48. The zero-order chi connectivity index (χ0) is 19.0. The molecule has 0 atom stereocenters. The Morgan fingerprint density at radius 1 is 1.33 bits per heavy atom. The minimum atomic E-state index is -0.325. The Bertz CT molecular complexity index is 945. The van der Waals surface area contributed by atoms with Crippen molar-refractivity contribution < 1.29 is 9.18 Å². The zero-order valence-corrected chi connectivity index (χ0v) is 16.3. The highest BCUT2D eigenvalue weighted by molar-refractivity contribution is 8.18. The lowest BCUT2D eigenvalue weighted by Gasteiger charge is -2.02. The number of aryl methyl sites for hydroxylation is 1. The van der Waals surface area contributed by atoms with Crippen molar-refractivity contribution >= 4 is 40.5 Å². The van der Waals surface area contributed by atoms with E-state index in [1.165, 1.54) is 41.4 Å². The van der Waals surface area contributed by atoms with Crippen molar-refractivity contribution in [1.82, 2.24) is 15.1 Å². The topological polar surface area (TPSA) is 59.3 Å². The molecule has 2 aromatic rings. The van der Waals surface area contributed by atoms with Crippen molar-refractivity contribution in [2.24, 2.45) is 4.99 Å². The van der Waals surface area contributed by atoms with Crippen LogP contribution in [-0.4, -0.2) is 26.9 Å². The lowest BCUT2D eigenvalue weighted by atomic mass is 10.2. The van der Waals surface area contributed by atoms with E-state index in [4.69, 9.17) is 11.6 Å². The largest absolute Gasteiger partial charge is 0.301 e.